The minimum absolute atomic E-state index is 0.155. The van der Waals surface area contributed by atoms with E-state index in [1.807, 2.05) is 0 Å². The lowest BCUT2D eigenvalue weighted by Crippen LogP contribution is -2.57. The topological polar surface area (TPSA) is 15.3 Å². The molecule has 0 rings (SSSR count). The Hall–Kier alpha value is -0.340. The molecule has 0 bridgehead atoms. The second kappa shape index (κ2) is 5.52. The van der Waals surface area contributed by atoms with Crippen molar-refractivity contribution in [3.63, 3.8) is 0 Å². The lowest BCUT2D eigenvalue weighted by atomic mass is 9.84. The summed E-state index contributed by atoms with van der Waals surface area (Å²) in [5.74, 6) is 0. The predicted molar refractivity (Wildman–Crippen MR) is 64.7 cm³/mol. The Bertz CT molecular complexity index is 187. The molecule has 0 spiro atoms. The Balaban J connectivity index is 4.83. The van der Waals surface area contributed by atoms with E-state index in [0.29, 0.717) is 6.04 Å². The molecule has 2 heteroatoms. The first-order valence-electron chi connectivity index (χ1n) is 5.46. The number of rotatable bonds is 6. The van der Waals surface area contributed by atoms with Gasteiger partial charge in [-0.3, -0.25) is 0 Å². The second-order valence-corrected chi connectivity index (χ2v) is 4.44. The van der Waals surface area contributed by atoms with E-state index in [1.165, 1.54) is 5.57 Å². The maximum atomic E-state index is 4.08. The van der Waals surface area contributed by atoms with Crippen molar-refractivity contribution < 1.29 is 0 Å². The summed E-state index contributed by atoms with van der Waals surface area (Å²) < 4.78 is 0. The highest BCUT2D eigenvalue weighted by Gasteiger charge is 2.34. The molecule has 0 aliphatic carbocycles. The molecule has 14 heavy (non-hydrogen) atoms. The summed E-state index contributed by atoms with van der Waals surface area (Å²) in [5, 5.41) is 3.51. The summed E-state index contributed by atoms with van der Waals surface area (Å²) in [4.78, 5) is 2.29. The zero-order valence-corrected chi connectivity index (χ0v) is 10.6. The SMILES string of the molecule is C=C(C)C(NCC)C(C)(CC)N(C)C. The summed E-state index contributed by atoms with van der Waals surface area (Å²) in [5.41, 5.74) is 1.37. The molecule has 0 heterocycles. The summed E-state index contributed by atoms with van der Waals surface area (Å²) in [6.07, 6.45) is 1.12. The number of nitrogens with one attached hydrogen (secondary N) is 1. The molecule has 84 valence electrons. The van der Waals surface area contributed by atoms with E-state index in [9.17, 15) is 0 Å². The van der Waals surface area contributed by atoms with Crippen LogP contribution in [0.25, 0.3) is 0 Å². The zero-order chi connectivity index (χ0) is 11.4. The highest BCUT2D eigenvalue weighted by molar-refractivity contribution is 5.12. The van der Waals surface area contributed by atoms with Crippen LogP contribution in [0.3, 0.4) is 0 Å². The van der Waals surface area contributed by atoms with Crippen molar-refractivity contribution in [2.24, 2.45) is 0 Å². The average molecular weight is 198 g/mol. The van der Waals surface area contributed by atoms with Crippen molar-refractivity contribution in [3.8, 4) is 0 Å². The molecule has 2 unspecified atom stereocenters. The van der Waals surface area contributed by atoms with E-state index in [2.05, 4.69) is 58.6 Å². The van der Waals surface area contributed by atoms with Crippen molar-refractivity contribution in [3.05, 3.63) is 12.2 Å². The third-order valence-corrected chi connectivity index (χ3v) is 3.26. The van der Waals surface area contributed by atoms with Crippen LogP contribution < -0.4 is 5.32 Å². The van der Waals surface area contributed by atoms with Gasteiger partial charge in [-0.15, -0.1) is 0 Å². The van der Waals surface area contributed by atoms with E-state index < -0.39 is 0 Å². The smallest absolute Gasteiger partial charge is 0.0458 e. The molecule has 0 aromatic rings. The highest BCUT2D eigenvalue weighted by atomic mass is 15.2. The fourth-order valence-corrected chi connectivity index (χ4v) is 1.91. The molecule has 2 atom stereocenters. The largest absolute Gasteiger partial charge is 0.309 e. The fourth-order valence-electron chi connectivity index (χ4n) is 1.91. The normalized spacial score (nSPS) is 17.9. The summed E-state index contributed by atoms with van der Waals surface area (Å²) in [6.45, 7) is 13.8. The van der Waals surface area contributed by atoms with Gasteiger partial charge < -0.3 is 10.2 Å². The van der Waals surface area contributed by atoms with Gasteiger partial charge in [0.25, 0.3) is 0 Å². The van der Waals surface area contributed by atoms with Crippen LogP contribution in [0.1, 0.15) is 34.1 Å². The third-order valence-electron chi connectivity index (χ3n) is 3.26. The van der Waals surface area contributed by atoms with Gasteiger partial charge in [-0.25, -0.2) is 0 Å². The number of nitrogens with zero attached hydrogens (tertiary/aromatic N) is 1. The van der Waals surface area contributed by atoms with Crippen LogP contribution >= 0.6 is 0 Å². The number of hydrogen-bond acceptors (Lipinski definition) is 2. The van der Waals surface area contributed by atoms with Crippen molar-refractivity contribution in [2.45, 2.75) is 45.7 Å². The van der Waals surface area contributed by atoms with Gasteiger partial charge in [-0.1, -0.05) is 26.0 Å². The Morgan fingerprint density at radius 2 is 1.93 bits per heavy atom. The molecule has 0 radical (unpaired) electrons. The van der Waals surface area contributed by atoms with E-state index >= 15 is 0 Å². The van der Waals surface area contributed by atoms with E-state index in [4.69, 9.17) is 0 Å². The van der Waals surface area contributed by atoms with Crippen molar-refractivity contribution in [1.29, 1.82) is 0 Å². The van der Waals surface area contributed by atoms with Gasteiger partial charge in [-0.05, 0) is 40.9 Å². The molecule has 0 saturated heterocycles. The molecule has 0 aliphatic heterocycles. The first-order chi connectivity index (χ1) is 6.40. The molecular weight excluding hydrogens is 172 g/mol. The quantitative estimate of drug-likeness (QED) is 0.659. The lowest BCUT2D eigenvalue weighted by Gasteiger charge is -2.43. The lowest BCUT2D eigenvalue weighted by molar-refractivity contribution is 0.129. The van der Waals surface area contributed by atoms with Crippen LogP contribution in [0.15, 0.2) is 12.2 Å². The minimum Gasteiger partial charge on any atom is -0.309 e. The monoisotopic (exact) mass is 198 g/mol. The first-order valence-corrected chi connectivity index (χ1v) is 5.46. The molecule has 0 amide bonds. The number of likely N-dealkylation sites (N-methyl/N-ethyl adjacent to an activating group) is 2. The average Bonchev–Trinajstić information content (AvgIpc) is 2.12. The van der Waals surface area contributed by atoms with Gasteiger partial charge in [0.15, 0.2) is 0 Å². The third kappa shape index (κ3) is 2.82. The van der Waals surface area contributed by atoms with Gasteiger partial charge in [0.1, 0.15) is 0 Å². The van der Waals surface area contributed by atoms with Gasteiger partial charge in [0.2, 0.25) is 0 Å². The van der Waals surface area contributed by atoms with Gasteiger partial charge in [0.05, 0.1) is 0 Å². The van der Waals surface area contributed by atoms with E-state index in [1.54, 1.807) is 0 Å². The Morgan fingerprint density at radius 3 is 2.14 bits per heavy atom. The van der Waals surface area contributed by atoms with E-state index in [0.717, 1.165) is 13.0 Å². The van der Waals surface area contributed by atoms with Crippen molar-refractivity contribution in [1.82, 2.24) is 10.2 Å². The van der Waals surface area contributed by atoms with Gasteiger partial charge in [0, 0.05) is 11.6 Å². The van der Waals surface area contributed by atoms with Crippen molar-refractivity contribution in [2.75, 3.05) is 20.6 Å². The molecule has 0 fully saturated rings. The van der Waals surface area contributed by atoms with Crippen LogP contribution in [0.5, 0.6) is 0 Å². The highest BCUT2D eigenvalue weighted by Crippen LogP contribution is 2.24. The first kappa shape index (κ1) is 13.7. The maximum absolute atomic E-state index is 4.08. The minimum atomic E-state index is 0.155. The van der Waals surface area contributed by atoms with Crippen LogP contribution in [0.2, 0.25) is 0 Å². The molecule has 0 aliphatic rings. The molecule has 2 nitrogen and oxygen atoms in total. The summed E-state index contributed by atoms with van der Waals surface area (Å²) in [6, 6.07) is 0.368. The summed E-state index contributed by atoms with van der Waals surface area (Å²) >= 11 is 0. The number of hydrogen-bond donors (Lipinski definition) is 1. The molecular formula is C12H26N2. The Kier molecular flexibility index (Phi) is 5.38. The molecule has 0 aromatic carbocycles. The van der Waals surface area contributed by atoms with Gasteiger partial charge >= 0.3 is 0 Å². The fraction of sp³-hybridized carbons (Fsp3) is 0.833. The maximum Gasteiger partial charge on any atom is 0.0458 e. The van der Waals surface area contributed by atoms with Crippen LogP contribution in [0, 0.1) is 0 Å². The standard InChI is InChI=1S/C12H26N2/c1-8-12(5,14(6)7)11(10(3)4)13-9-2/h11,13H,3,8-9H2,1-2,4-7H3. The van der Waals surface area contributed by atoms with E-state index in [-0.39, 0.29) is 5.54 Å². The molecule has 0 saturated carbocycles. The summed E-state index contributed by atoms with van der Waals surface area (Å²) in [7, 11) is 4.27. The van der Waals surface area contributed by atoms with Crippen LogP contribution in [-0.4, -0.2) is 37.1 Å². The second-order valence-electron chi connectivity index (χ2n) is 4.44. The van der Waals surface area contributed by atoms with Crippen molar-refractivity contribution >= 4 is 0 Å². The zero-order valence-electron chi connectivity index (χ0n) is 10.6. The molecule has 0 aromatic heterocycles. The Labute approximate surface area is 89.4 Å². The Morgan fingerprint density at radius 1 is 1.43 bits per heavy atom. The van der Waals surface area contributed by atoms with Gasteiger partial charge in [-0.2, -0.15) is 0 Å². The van der Waals surface area contributed by atoms with Crippen LogP contribution in [-0.2, 0) is 0 Å². The predicted octanol–water partition coefficient (Wildman–Crippen LogP) is 2.27. The molecule has 1 N–H and O–H groups in total. The van der Waals surface area contributed by atoms with Crippen LogP contribution in [0.4, 0.5) is 0 Å².